The Labute approximate surface area is 67.8 Å². The Hall–Kier alpha value is 0.180. The zero-order valence-corrected chi connectivity index (χ0v) is 7.09. The third-order valence-corrected chi connectivity index (χ3v) is 1.92. The molecule has 10 heavy (non-hydrogen) atoms. The lowest BCUT2D eigenvalue weighted by Gasteiger charge is -2.24. The van der Waals surface area contributed by atoms with E-state index in [2.05, 4.69) is 12.2 Å². The lowest BCUT2D eigenvalue weighted by molar-refractivity contribution is 0.220. The molecule has 1 saturated heterocycles. The van der Waals surface area contributed by atoms with Crippen molar-refractivity contribution in [3.8, 4) is 0 Å². The molecular formula is C7H15ClFN. The fraction of sp³-hybridized carbons (Fsp3) is 1.00. The highest BCUT2D eigenvalue weighted by Crippen LogP contribution is 2.13. The molecule has 3 heteroatoms. The van der Waals surface area contributed by atoms with Crippen LogP contribution in [0.5, 0.6) is 0 Å². The predicted octanol–water partition coefficient (Wildman–Crippen LogP) is 1.91. The standard InChI is InChI=1S/C7H14FN.ClH/c1-2-7-5-6(8)3-4-9-7;/h6-7,9H,2-5H2,1H3;1H. The van der Waals surface area contributed by atoms with Crippen molar-refractivity contribution < 1.29 is 4.39 Å². The van der Waals surface area contributed by atoms with Gasteiger partial charge in [0.15, 0.2) is 0 Å². The third kappa shape index (κ3) is 2.84. The van der Waals surface area contributed by atoms with Gasteiger partial charge < -0.3 is 5.32 Å². The van der Waals surface area contributed by atoms with Crippen molar-refractivity contribution in [1.29, 1.82) is 0 Å². The van der Waals surface area contributed by atoms with Crippen LogP contribution in [0.1, 0.15) is 26.2 Å². The second kappa shape index (κ2) is 4.91. The fourth-order valence-corrected chi connectivity index (χ4v) is 1.26. The van der Waals surface area contributed by atoms with E-state index in [0.717, 1.165) is 19.4 Å². The second-order valence-corrected chi connectivity index (χ2v) is 2.68. The topological polar surface area (TPSA) is 12.0 Å². The number of halogens is 2. The van der Waals surface area contributed by atoms with E-state index in [9.17, 15) is 4.39 Å². The van der Waals surface area contributed by atoms with E-state index in [1.165, 1.54) is 0 Å². The van der Waals surface area contributed by atoms with Gasteiger partial charge in [-0.15, -0.1) is 12.4 Å². The Balaban J connectivity index is 0.000000810. The first-order chi connectivity index (χ1) is 4.33. The van der Waals surface area contributed by atoms with Crippen molar-refractivity contribution in [1.82, 2.24) is 5.32 Å². The molecule has 0 bridgehead atoms. The van der Waals surface area contributed by atoms with Gasteiger partial charge >= 0.3 is 0 Å². The molecular weight excluding hydrogens is 153 g/mol. The Kier molecular flexibility index (Phi) is 5.00. The first-order valence-corrected chi connectivity index (χ1v) is 3.70. The Bertz CT molecular complexity index is 89.7. The highest BCUT2D eigenvalue weighted by molar-refractivity contribution is 5.85. The maximum Gasteiger partial charge on any atom is 0.103 e. The number of piperidine rings is 1. The molecule has 1 rings (SSSR count). The molecule has 0 amide bonds. The first-order valence-electron chi connectivity index (χ1n) is 3.70. The van der Waals surface area contributed by atoms with Gasteiger partial charge in [-0.3, -0.25) is 0 Å². The van der Waals surface area contributed by atoms with E-state index >= 15 is 0 Å². The number of hydrogen-bond donors (Lipinski definition) is 1. The van der Waals surface area contributed by atoms with Gasteiger partial charge in [0.2, 0.25) is 0 Å². The minimum Gasteiger partial charge on any atom is -0.314 e. The van der Waals surface area contributed by atoms with Gasteiger partial charge in [0.1, 0.15) is 6.17 Å². The van der Waals surface area contributed by atoms with E-state index in [0.29, 0.717) is 12.5 Å². The van der Waals surface area contributed by atoms with Crippen LogP contribution < -0.4 is 5.32 Å². The van der Waals surface area contributed by atoms with E-state index in [-0.39, 0.29) is 12.4 Å². The van der Waals surface area contributed by atoms with Crippen molar-refractivity contribution in [2.45, 2.75) is 38.4 Å². The fourth-order valence-electron chi connectivity index (χ4n) is 1.26. The summed E-state index contributed by atoms with van der Waals surface area (Å²) < 4.78 is 12.6. The highest BCUT2D eigenvalue weighted by Gasteiger charge is 2.18. The predicted molar refractivity (Wildman–Crippen MR) is 43.5 cm³/mol. The summed E-state index contributed by atoms with van der Waals surface area (Å²) in [5, 5.41) is 3.26. The Morgan fingerprint density at radius 3 is 2.70 bits per heavy atom. The Morgan fingerprint density at radius 2 is 2.30 bits per heavy atom. The van der Waals surface area contributed by atoms with Crippen LogP contribution in [0.2, 0.25) is 0 Å². The molecule has 1 N–H and O–H groups in total. The van der Waals surface area contributed by atoms with Crippen molar-refractivity contribution in [3.63, 3.8) is 0 Å². The molecule has 1 fully saturated rings. The summed E-state index contributed by atoms with van der Waals surface area (Å²) in [7, 11) is 0. The minimum atomic E-state index is -0.545. The number of nitrogens with one attached hydrogen (secondary N) is 1. The van der Waals surface area contributed by atoms with Crippen LogP contribution in [0.25, 0.3) is 0 Å². The maximum atomic E-state index is 12.6. The summed E-state index contributed by atoms with van der Waals surface area (Å²) in [5.74, 6) is 0. The van der Waals surface area contributed by atoms with Crippen molar-refractivity contribution >= 4 is 12.4 Å². The van der Waals surface area contributed by atoms with Crippen LogP contribution in [-0.2, 0) is 0 Å². The van der Waals surface area contributed by atoms with E-state index < -0.39 is 6.17 Å². The zero-order chi connectivity index (χ0) is 6.69. The normalized spacial score (nSPS) is 33.0. The molecule has 0 aromatic rings. The molecule has 0 saturated carbocycles. The highest BCUT2D eigenvalue weighted by atomic mass is 35.5. The molecule has 62 valence electrons. The first kappa shape index (κ1) is 10.2. The number of alkyl halides is 1. The van der Waals surface area contributed by atoms with Gasteiger partial charge in [0, 0.05) is 6.04 Å². The summed E-state index contributed by atoms with van der Waals surface area (Å²) in [6.07, 6.45) is 1.93. The quantitative estimate of drug-likeness (QED) is 0.629. The van der Waals surface area contributed by atoms with Crippen LogP contribution in [0, 0.1) is 0 Å². The average Bonchev–Trinajstić information content (AvgIpc) is 1.88. The van der Waals surface area contributed by atoms with Crippen LogP contribution in [0.3, 0.4) is 0 Å². The molecule has 1 aliphatic heterocycles. The van der Waals surface area contributed by atoms with E-state index in [1.54, 1.807) is 0 Å². The van der Waals surface area contributed by atoms with Crippen LogP contribution in [-0.4, -0.2) is 18.8 Å². The molecule has 0 aromatic carbocycles. The molecule has 2 atom stereocenters. The van der Waals surface area contributed by atoms with Crippen LogP contribution in [0.15, 0.2) is 0 Å². The molecule has 0 radical (unpaired) electrons. The van der Waals surface area contributed by atoms with Gasteiger partial charge in [-0.1, -0.05) is 6.92 Å². The summed E-state index contributed by atoms with van der Waals surface area (Å²) in [6, 6.07) is 0.439. The third-order valence-electron chi connectivity index (χ3n) is 1.92. The van der Waals surface area contributed by atoms with Crippen molar-refractivity contribution in [2.24, 2.45) is 0 Å². The molecule has 1 heterocycles. The number of rotatable bonds is 1. The maximum absolute atomic E-state index is 12.6. The summed E-state index contributed by atoms with van der Waals surface area (Å²) >= 11 is 0. The average molecular weight is 168 g/mol. The smallest absolute Gasteiger partial charge is 0.103 e. The molecule has 2 unspecified atom stereocenters. The molecule has 1 nitrogen and oxygen atoms in total. The largest absolute Gasteiger partial charge is 0.314 e. The molecule has 1 aliphatic rings. The molecule has 0 aliphatic carbocycles. The van der Waals surface area contributed by atoms with Gasteiger partial charge in [-0.2, -0.15) is 0 Å². The SMILES string of the molecule is CCC1CC(F)CCN1.Cl. The van der Waals surface area contributed by atoms with E-state index in [1.807, 2.05) is 0 Å². The molecule has 0 aromatic heterocycles. The van der Waals surface area contributed by atoms with Gasteiger partial charge in [-0.05, 0) is 25.8 Å². The summed E-state index contributed by atoms with van der Waals surface area (Å²) in [5.41, 5.74) is 0. The summed E-state index contributed by atoms with van der Waals surface area (Å²) in [4.78, 5) is 0. The lowest BCUT2D eigenvalue weighted by atomic mass is 10.0. The van der Waals surface area contributed by atoms with Gasteiger partial charge in [0.05, 0.1) is 0 Å². The molecule has 0 spiro atoms. The minimum absolute atomic E-state index is 0. The Morgan fingerprint density at radius 1 is 1.60 bits per heavy atom. The van der Waals surface area contributed by atoms with Gasteiger partial charge in [-0.25, -0.2) is 4.39 Å². The monoisotopic (exact) mass is 167 g/mol. The zero-order valence-electron chi connectivity index (χ0n) is 6.27. The van der Waals surface area contributed by atoms with E-state index in [4.69, 9.17) is 0 Å². The second-order valence-electron chi connectivity index (χ2n) is 2.68. The number of hydrogen-bond acceptors (Lipinski definition) is 1. The van der Waals surface area contributed by atoms with Crippen molar-refractivity contribution in [3.05, 3.63) is 0 Å². The van der Waals surface area contributed by atoms with Crippen LogP contribution >= 0.6 is 12.4 Å². The summed E-state index contributed by atoms with van der Waals surface area (Å²) in [6.45, 7) is 2.95. The van der Waals surface area contributed by atoms with Crippen LogP contribution in [0.4, 0.5) is 4.39 Å². The lowest BCUT2D eigenvalue weighted by Crippen LogP contribution is -2.38. The van der Waals surface area contributed by atoms with Gasteiger partial charge in [0.25, 0.3) is 0 Å². The van der Waals surface area contributed by atoms with Crippen molar-refractivity contribution in [2.75, 3.05) is 6.54 Å².